The highest BCUT2D eigenvalue weighted by Crippen LogP contribution is 2.46. The van der Waals surface area contributed by atoms with Crippen molar-refractivity contribution in [2.24, 2.45) is 5.73 Å². The molecule has 0 saturated carbocycles. The molecule has 3 aromatic rings. The van der Waals surface area contributed by atoms with Crippen LogP contribution in [0.1, 0.15) is 22.6 Å². The highest BCUT2D eigenvalue weighted by Gasteiger charge is 2.34. The van der Waals surface area contributed by atoms with Crippen molar-refractivity contribution in [3.63, 3.8) is 0 Å². The Labute approximate surface area is 209 Å². The van der Waals surface area contributed by atoms with Crippen molar-refractivity contribution in [1.29, 1.82) is 5.26 Å². The number of nitrogens with two attached hydrogens (primary N) is 1. The van der Waals surface area contributed by atoms with E-state index in [1.165, 1.54) is 42.5 Å². The number of nitrogens with zero attached hydrogens (tertiary/aromatic N) is 1. The van der Waals surface area contributed by atoms with Crippen LogP contribution in [0.2, 0.25) is 15.1 Å². The van der Waals surface area contributed by atoms with E-state index in [0.717, 1.165) is 0 Å². The minimum absolute atomic E-state index is 0.0204. The van der Waals surface area contributed by atoms with Crippen molar-refractivity contribution in [3.8, 4) is 17.6 Å². The molecule has 0 aromatic heterocycles. The highest BCUT2D eigenvalue weighted by molar-refractivity contribution is 6.35. The Morgan fingerprint density at radius 1 is 1.12 bits per heavy atom. The van der Waals surface area contributed by atoms with E-state index in [1.54, 1.807) is 24.3 Å². The van der Waals surface area contributed by atoms with Crippen LogP contribution in [0.4, 0.5) is 4.39 Å². The summed E-state index contributed by atoms with van der Waals surface area (Å²) in [5.41, 5.74) is 7.10. The van der Waals surface area contributed by atoms with Crippen molar-refractivity contribution in [2.45, 2.75) is 5.92 Å². The number of allylic oxidation sites excluding steroid dienone is 1. The average Bonchev–Trinajstić information content (AvgIpc) is 2.78. The number of esters is 1. The fourth-order valence-electron chi connectivity index (χ4n) is 3.53. The van der Waals surface area contributed by atoms with Crippen LogP contribution in [0.25, 0.3) is 6.08 Å². The molecule has 0 spiro atoms. The lowest BCUT2D eigenvalue weighted by molar-refractivity contribution is -0.128. The predicted molar refractivity (Wildman–Crippen MR) is 128 cm³/mol. The molecule has 3 aromatic carbocycles. The van der Waals surface area contributed by atoms with Crippen molar-refractivity contribution < 1.29 is 18.7 Å². The number of hydrogen-bond donors (Lipinski definition) is 1. The molecular weight excluding hydrogens is 502 g/mol. The summed E-state index contributed by atoms with van der Waals surface area (Å²) in [6, 6.07) is 15.6. The van der Waals surface area contributed by atoms with Gasteiger partial charge in [0.05, 0.1) is 5.92 Å². The molecule has 0 amide bonds. The molecule has 0 fully saturated rings. The van der Waals surface area contributed by atoms with Crippen LogP contribution >= 0.6 is 34.8 Å². The van der Waals surface area contributed by atoms with Crippen LogP contribution in [-0.2, 0) is 4.79 Å². The first-order chi connectivity index (χ1) is 16.3. The molecule has 170 valence electrons. The van der Waals surface area contributed by atoms with E-state index in [4.69, 9.17) is 50.0 Å². The van der Waals surface area contributed by atoms with Crippen LogP contribution < -0.4 is 15.2 Å². The maximum absolute atomic E-state index is 14.7. The molecule has 34 heavy (non-hydrogen) atoms. The minimum atomic E-state index is -0.890. The second kappa shape index (κ2) is 9.78. The summed E-state index contributed by atoms with van der Waals surface area (Å²) < 4.78 is 25.6. The molecule has 0 bridgehead atoms. The predicted octanol–water partition coefficient (Wildman–Crippen LogP) is 6.62. The van der Waals surface area contributed by atoms with Crippen LogP contribution in [0.15, 0.2) is 72.1 Å². The molecule has 5 nitrogen and oxygen atoms in total. The summed E-state index contributed by atoms with van der Waals surface area (Å²) >= 11 is 18.2. The number of carbonyl (C=O) groups is 1. The largest absolute Gasteiger partial charge is 0.440 e. The summed E-state index contributed by atoms with van der Waals surface area (Å²) in [4.78, 5) is 12.3. The number of hydrogen-bond acceptors (Lipinski definition) is 5. The zero-order valence-corrected chi connectivity index (χ0v) is 19.5. The molecule has 1 aliphatic heterocycles. The standard InChI is InChI=1S/C25H14Cl3FN2O3/c26-14-6-4-13(19(28)10-14)5-9-22(32)33-15-7-8-16-21(11-15)34-25(31)17(12-30)23(16)24-18(27)2-1-3-20(24)29/h1-11,23H,31H2/b9-5+. The maximum Gasteiger partial charge on any atom is 0.336 e. The fourth-order valence-corrected chi connectivity index (χ4v) is 4.27. The van der Waals surface area contributed by atoms with Gasteiger partial charge >= 0.3 is 5.97 Å². The van der Waals surface area contributed by atoms with E-state index in [9.17, 15) is 14.4 Å². The lowest BCUT2D eigenvalue weighted by atomic mass is 9.83. The molecule has 4 rings (SSSR count). The van der Waals surface area contributed by atoms with E-state index < -0.39 is 17.7 Å². The van der Waals surface area contributed by atoms with E-state index in [2.05, 4.69) is 0 Å². The van der Waals surface area contributed by atoms with Crippen LogP contribution in [0.5, 0.6) is 11.5 Å². The molecule has 1 heterocycles. The smallest absolute Gasteiger partial charge is 0.336 e. The molecule has 1 aliphatic rings. The first-order valence-corrected chi connectivity index (χ1v) is 10.9. The van der Waals surface area contributed by atoms with Gasteiger partial charge in [-0.3, -0.25) is 0 Å². The fraction of sp³-hybridized carbons (Fsp3) is 0.0400. The summed E-state index contributed by atoms with van der Waals surface area (Å²) in [6.07, 6.45) is 2.70. The minimum Gasteiger partial charge on any atom is -0.440 e. The first-order valence-electron chi connectivity index (χ1n) is 9.79. The Balaban J connectivity index is 1.63. The Morgan fingerprint density at radius 3 is 2.62 bits per heavy atom. The Morgan fingerprint density at radius 2 is 1.91 bits per heavy atom. The Hall–Kier alpha value is -3.50. The molecular formula is C25H14Cl3FN2O3. The molecule has 0 radical (unpaired) electrons. The lowest BCUT2D eigenvalue weighted by Crippen LogP contribution is -2.22. The van der Waals surface area contributed by atoms with E-state index in [-0.39, 0.29) is 33.5 Å². The molecule has 1 atom stereocenters. The summed E-state index contributed by atoms with van der Waals surface area (Å²) in [6.45, 7) is 0. The van der Waals surface area contributed by atoms with Gasteiger partial charge in [-0.1, -0.05) is 53.0 Å². The second-order valence-corrected chi connectivity index (χ2v) is 8.43. The van der Waals surface area contributed by atoms with Gasteiger partial charge in [-0.15, -0.1) is 0 Å². The monoisotopic (exact) mass is 514 g/mol. The SMILES string of the molecule is N#CC1=C(N)Oc2cc(OC(=O)/C=C/c3ccc(Cl)cc3Cl)ccc2C1c1c(F)cccc1Cl. The van der Waals surface area contributed by atoms with Crippen molar-refractivity contribution in [2.75, 3.05) is 0 Å². The second-order valence-electron chi connectivity index (χ2n) is 7.18. The van der Waals surface area contributed by atoms with Gasteiger partial charge < -0.3 is 15.2 Å². The van der Waals surface area contributed by atoms with E-state index in [1.807, 2.05) is 6.07 Å². The zero-order valence-electron chi connectivity index (χ0n) is 17.2. The maximum atomic E-state index is 14.7. The highest BCUT2D eigenvalue weighted by atomic mass is 35.5. The van der Waals surface area contributed by atoms with Crippen LogP contribution in [-0.4, -0.2) is 5.97 Å². The van der Waals surface area contributed by atoms with Gasteiger partial charge in [0.2, 0.25) is 5.88 Å². The number of fused-ring (bicyclic) bond motifs is 1. The van der Waals surface area contributed by atoms with Crippen molar-refractivity contribution >= 4 is 46.8 Å². The molecule has 9 heteroatoms. The van der Waals surface area contributed by atoms with Gasteiger partial charge in [0, 0.05) is 38.3 Å². The first kappa shape index (κ1) is 23.7. The third-order valence-corrected chi connectivity index (χ3v) is 5.95. The van der Waals surface area contributed by atoms with Gasteiger partial charge in [-0.25, -0.2) is 9.18 Å². The summed E-state index contributed by atoms with van der Waals surface area (Å²) in [5, 5.41) is 10.6. The van der Waals surface area contributed by atoms with Crippen molar-refractivity contribution in [3.05, 3.63) is 110 Å². The van der Waals surface area contributed by atoms with Gasteiger partial charge in [-0.2, -0.15) is 5.26 Å². The number of carbonyl (C=O) groups excluding carboxylic acids is 1. The Kier molecular flexibility index (Phi) is 6.80. The zero-order chi connectivity index (χ0) is 24.4. The third kappa shape index (κ3) is 4.73. The number of rotatable bonds is 4. The van der Waals surface area contributed by atoms with Crippen molar-refractivity contribution in [1.82, 2.24) is 0 Å². The molecule has 0 saturated heterocycles. The number of nitriles is 1. The lowest BCUT2D eigenvalue weighted by Gasteiger charge is -2.27. The van der Waals surface area contributed by atoms with Gasteiger partial charge in [0.1, 0.15) is 29.0 Å². The topological polar surface area (TPSA) is 85.3 Å². The normalized spacial score (nSPS) is 15.0. The summed E-state index contributed by atoms with van der Waals surface area (Å²) in [5.74, 6) is -1.98. The third-order valence-electron chi connectivity index (χ3n) is 5.06. The summed E-state index contributed by atoms with van der Waals surface area (Å²) in [7, 11) is 0. The molecule has 1 unspecified atom stereocenters. The number of halogens is 4. The molecule has 0 aliphatic carbocycles. The Bertz CT molecular complexity index is 1390. The van der Waals surface area contributed by atoms with Gasteiger partial charge in [0.25, 0.3) is 0 Å². The quantitative estimate of drug-likeness (QED) is 0.240. The number of benzene rings is 3. The number of ether oxygens (including phenoxy) is 2. The van der Waals surface area contributed by atoms with E-state index >= 15 is 0 Å². The molecule has 2 N–H and O–H groups in total. The van der Waals surface area contributed by atoms with Gasteiger partial charge in [0.15, 0.2) is 0 Å². The average molecular weight is 516 g/mol. The van der Waals surface area contributed by atoms with Gasteiger partial charge in [-0.05, 0) is 42.0 Å². The van der Waals surface area contributed by atoms with Crippen LogP contribution in [0, 0.1) is 17.1 Å². The van der Waals surface area contributed by atoms with E-state index in [0.29, 0.717) is 21.2 Å². The van der Waals surface area contributed by atoms with Crippen LogP contribution in [0.3, 0.4) is 0 Å².